The van der Waals surface area contributed by atoms with Crippen molar-refractivity contribution in [3.63, 3.8) is 0 Å². The summed E-state index contributed by atoms with van der Waals surface area (Å²) in [5, 5.41) is 0. The molecule has 0 aliphatic carbocycles. The summed E-state index contributed by atoms with van der Waals surface area (Å²) in [4.78, 5) is 32.0. The molecular formula is C17H36O9Si2. The van der Waals surface area contributed by atoms with Gasteiger partial charge in [0.05, 0.1) is 0 Å². The molecule has 9 nitrogen and oxygen atoms in total. The maximum absolute atomic E-state index is 10.7. The lowest BCUT2D eigenvalue weighted by Crippen LogP contribution is -2.46. The molecule has 0 aromatic heterocycles. The SMILES string of the molecule is CC(=O)O[Si](C)(OC(C)=O)OC(C)=O.CCCO[Si](C)(OCCC)OCCC. The van der Waals surface area contributed by atoms with Crippen LogP contribution in [-0.4, -0.2) is 55.3 Å². The predicted octanol–water partition coefficient (Wildman–Crippen LogP) is 3.08. The van der Waals surface area contributed by atoms with Crippen molar-refractivity contribution in [1.29, 1.82) is 0 Å². The molecule has 0 fully saturated rings. The van der Waals surface area contributed by atoms with Crippen LogP contribution in [0, 0.1) is 0 Å². The zero-order chi connectivity index (χ0) is 22.2. The molecule has 28 heavy (non-hydrogen) atoms. The van der Waals surface area contributed by atoms with Gasteiger partial charge in [0, 0.05) is 53.7 Å². The first-order valence-corrected chi connectivity index (χ1v) is 13.9. The fourth-order valence-electron chi connectivity index (χ4n) is 1.83. The Labute approximate surface area is 170 Å². The normalized spacial score (nSPS) is 11.1. The van der Waals surface area contributed by atoms with Gasteiger partial charge in [-0.2, -0.15) is 0 Å². The van der Waals surface area contributed by atoms with E-state index in [-0.39, 0.29) is 0 Å². The predicted molar refractivity (Wildman–Crippen MR) is 107 cm³/mol. The van der Waals surface area contributed by atoms with Gasteiger partial charge in [-0.3, -0.25) is 14.4 Å². The van der Waals surface area contributed by atoms with Crippen LogP contribution >= 0.6 is 0 Å². The molecule has 0 saturated carbocycles. The second kappa shape index (κ2) is 15.6. The van der Waals surface area contributed by atoms with Gasteiger partial charge in [-0.25, -0.2) is 0 Å². The highest BCUT2D eigenvalue weighted by Gasteiger charge is 2.45. The van der Waals surface area contributed by atoms with Crippen molar-refractivity contribution in [3.8, 4) is 0 Å². The summed E-state index contributed by atoms with van der Waals surface area (Å²) in [5.74, 6) is -2.00. The fraction of sp³-hybridized carbons (Fsp3) is 0.824. The van der Waals surface area contributed by atoms with Gasteiger partial charge in [0.15, 0.2) is 0 Å². The smallest absolute Gasteiger partial charge is 0.455 e. The van der Waals surface area contributed by atoms with Crippen LogP contribution in [-0.2, 0) is 40.9 Å². The van der Waals surface area contributed by atoms with Crippen LogP contribution in [0.4, 0.5) is 0 Å². The van der Waals surface area contributed by atoms with Gasteiger partial charge in [-0.15, -0.1) is 0 Å². The molecule has 0 aromatic rings. The molecule has 0 unspecified atom stereocenters. The molecule has 0 heterocycles. The standard InChI is InChI=1S/C10H24O3Si.C7H12O6Si/c1-5-8-11-14(4,12-9-6-2)13-10-7-3;1-5(8)11-14(4,12-6(2)9)13-7(3)10/h5-10H2,1-4H3;1-4H3. The van der Waals surface area contributed by atoms with Gasteiger partial charge in [0.2, 0.25) is 0 Å². The molecule has 0 radical (unpaired) electrons. The van der Waals surface area contributed by atoms with Crippen molar-refractivity contribution >= 4 is 35.5 Å². The van der Waals surface area contributed by atoms with E-state index in [1.165, 1.54) is 6.55 Å². The molecule has 0 saturated heterocycles. The lowest BCUT2D eigenvalue weighted by atomic mass is 10.5. The van der Waals surface area contributed by atoms with Crippen molar-refractivity contribution in [3.05, 3.63) is 0 Å². The fourth-order valence-corrected chi connectivity index (χ4v) is 5.50. The van der Waals surface area contributed by atoms with Crippen LogP contribution in [0.3, 0.4) is 0 Å². The Hall–Kier alpha value is -1.28. The first-order valence-electron chi connectivity index (χ1n) is 9.44. The van der Waals surface area contributed by atoms with Crippen molar-refractivity contribution in [2.45, 2.75) is 73.9 Å². The average molecular weight is 441 g/mol. The van der Waals surface area contributed by atoms with Crippen LogP contribution in [0.25, 0.3) is 0 Å². The van der Waals surface area contributed by atoms with Crippen LogP contribution in [0.15, 0.2) is 0 Å². The van der Waals surface area contributed by atoms with Gasteiger partial charge in [-0.05, 0) is 19.3 Å². The average Bonchev–Trinajstić information content (AvgIpc) is 2.54. The second-order valence-electron chi connectivity index (χ2n) is 6.05. The van der Waals surface area contributed by atoms with Gasteiger partial charge < -0.3 is 26.6 Å². The number of carbonyl (C=O) groups excluding carboxylic acids is 3. The summed E-state index contributed by atoms with van der Waals surface area (Å²) in [6.07, 6.45) is 3.02. The first kappa shape index (κ1) is 28.9. The highest BCUT2D eigenvalue weighted by Crippen LogP contribution is 2.11. The summed E-state index contributed by atoms with van der Waals surface area (Å²) in [6, 6.07) is 0. The molecule has 0 aliphatic heterocycles. The quantitative estimate of drug-likeness (QED) is 0.423. The molecule has 0 rings (SSSR count). The van der Waals surface area contributed by atoms with Crippen LogP contribution in [0.1, 0.15) is 60.8 Å². The lowest BCUT2D eigenvalue weighted by molar-refractivity contribution is -0.147. The molecule has 0 aliphatic rings. The molecule has 0 N–H and O–H groups in total. The molecule has 166 valence electrons. The topological polar surface area (TPSA) is 107 Å². The third-order valence-corrected chi connectivity index (χ3v) is 6.85. The van der Waals surface area contributed by atoms with Gasteiger partial charge in [0.25, 0.3) is 17.9 Å². The Morgan fingerprint density at radius 2 is 0.821 bits per heavy atom. The minimum atomic E-state index is -3.49. The maximum atomic E-state index is 10.7. The number of rotatable bonds is 12. The van der Waals surface area contributed by atoms with Gasteiger partial charge >= 0.3 is 17.6 Å². The number of hydrogen-bond donors (Lipinski definition) is 0. The molecule has 0 spiro atoms. The van der Waals surface area contributed by atoms with Crippen molar-refractivity contribution in [2.24, 2.45) is 0 Å². The summed E-state index contributed by atoms with van der Waals surface area (Å²) >= 11 is 0. The number of carbonyl (C=O) groups is 3. The van der Waals surface area contributed by atoms with E-state index >= 15 is 0 Å². The first-order chi connectivity index (χ1) is 12.9. The summed E-state index contributed by atoms with van der Waals surface area (Å²) in [7, 11) is -5.80. The Bertz CT molecular complexity index is 409. The molecule has 11 heteroatoms. The van der Waals surface area contributed by atoms with Crippen molar-refractivity contribution in [2.75, 3.05) is 19.8 Å². The Kier molecular flexibility index (Phi) is 16.1. The van der Waals surface area contributed by atoms with Gasteiger partial charge in [-0.1, -0.05) is 20.8 Å². The molecule has 0 aromatic carbocycles. The molecule has 0 bridgehead atoms. The third-order valence-electron chi connectivity index (χ3n) is 2.69. The van der Waals surface area contributed by atoms with E-state index in [4.69, 9.17) is 13.3 Å². The van der Waals surface area contributed by atoms with E-state index < -0.39 is 35.5 Å². The van der Waals surface area contributed by atoms with Crippen molar-refractivity contribution in [1.82, 2.24) is 0 Å². The lowest BCUT2D eigenvalue weighted by Gasteiger charge is -2.25. The second-order valence-corrected chi connectivity index (χ2v) is 11.0. The minimum absolute atomic E-state index is 0.665. The van der Waals surface area contributed by atoms with E-state index in [0.717, 1.165) is 59.9 Å². The van der Waals surface area contributed by atoms with E-state index in [1.807, 2.05) is 6.55 Å². The largest absolute Gasteiger partial charge is 0.701 e. The Morgan fingerprint density at radius 3 is 1.00 bits per heavy atom. The van der Waals surface area contributed by atoms with E-state index in [0.29, 0.717) is 0 Å². The zero-order valence-corrected chi connectivity index (χ0v) is 20.4. The molecule has 0 atom stereocenters. The van der Waals surface area contributed by atoms with Crippen LogP contribution in [0.2, 0.25) is 13.1 Å². The Balaban J connectivity index is 0. The van der Waals surface area contributed by atoms with Crippen LogP contribution in [0.5, 0.6) is 0 Å². The van der Waals surface area contributed by atoms with E-state index in [2.05, 4.69) is 34.0 Å². The summed E-state index contributed by atoms with van der Waals surface area (Å²) < 4.78 is 31.1. The minimum Gasteiger partial charge on any atom is -0.455 e. The Morgan fingerprint density at radius 1 is 0.571 bits per heavy atom. The third kappa shape index (κ3) is 16.9. The highest BCUT2D eigenvalue weighted by molar-refractivity contribution is 6.64. The van der Waals surface area contributed by atoms with E-state index in [9.17, 15) is 14.4 Å². The summed E-state index contributed by atoms with van der Waals surface area (Å²) in [6.45, 7) is 15.2. The summed E-state index contributed by atoms with van der Waals surface area (Å²) in [5.41, 5.74) is 0. The van der Waals surface area contributed by atoms with Crippen LogP contribution < -0.4 is 0 Å². The monoisotopic (exact) mass is 440 g/mol. The molecule has 0 amide bonds. The highest BCUT2D eigenvalue weighted by atomic mass is 28.4. The van der Waals surface area contributed by atoms with Crippen molar-refractivity contribution < 1.29 is 40.9 Å². The molecular weight excluding hydrogens is 404 g/mol. The maximum Gasteiger partial charge on any atom is 0.701 e. The zero-order valence-electron chi connectivity index (χ0n) is 18.4. The van der Waals surface area contributed by atoms with E-state index in [1.54, 1.807) is 0 Å². The number of hydrogen-bond acceptors (Lipinski definition) is 9. The van der Waals surface area contributed by atoms with Gasteiger partial charge in [0.1, 0.15) is 0 Å².